The Morgan fingerprint density at radius 1 is 1.16 bits per heavy atom. The Morgan fingerprint density at radius 3 is 2.48 bits per heavy atom. The van der Waals surface area contributed by atoms with E-state index in [1.807, 2.05) is 38.1 Å². The Kier molecular flexibility index (Phi) is 6.87. The minimum atomic E-state index is -0.139. The number of hydrogen-bond acceptors (Lipinski definition) is 4. The van der Waals surface area contributed by atoms with Crippen molar-refractivity contribution < 1.29 is 8.81 Å². The summed E-state index contributed by atoms with van der Waals surface area (Å²) in [5.74, 6) is 1.66. The quantitative estimate of drug-likeness (QED) is 0.872. The smallest absolute Gasteiger partial charge is 0.146 e. The van der Waals surface area contributed by atoms with E-state index in [-0.39, 0.29) is 24.3 Å². The van der Waals surface area contributed by atoms with Crippen molar-refractivity contribution in [2.24, 2.45) is 0 Å². The number of aryl methyl sites for hydroxylation is 1. The highest BCUT2D eigenvalue weighted by Gasteiger charge is 2.18. The Labute approximate surface area is 155 Å². The molecule has 2 heterocycles. The van der Waals surface area contributed by atoms with E-state index >= 15 is 0 Å². The summed E-state index contributed by atoms with van der Waals surface area (Å²) < 4.78 is 20.1. The molecule has 0 bridgehead atoms. The number of piperazine rings is 1. The first-order chi connectivity index (χ1) is 11.5. The minimum Gasteiger partial charge on any atom is -0.465 e. The van der Waals surface area contributed by atoms with Crippen LogP contribution in [0, 0.1) is 12.7 Å². The van der Waals surface area contributed by atoms with Gasteiger partial charge in [0.15, 0.2) is 0 Å². The van der Waals surface area contributed by atoms with E-state index in [1.165, 1.54) is 0 Å². The van der Waals surface area contributed by atoms with E-state index in [1.54, 1.807) is 6.07 Å². The van der Waals surface area contributed by atoms with Crippen molar-refractivity contribution in [3.05, 3.63) is 53.2 Å². The van der Waals surface area contributed by atoms with Crippen molar-refractivity contribution >= 4 is 18.1 Å². The van der Waals surface area contributed by atoms with E-state index < -0.39 is 0 Å². The topological polar surface area (TPSA) is 31.6 Å². The molecule has 1 saturated heterocycles. The number of rotatable bonds is 5. The Balaban J connectivity index is 0.00000225. The van der Waals surface area contributed by atoms with Gasteiger partial charge in [-0.1, -0.05) is 6.07 Å². The molecule has 1 aromatic carbocycles. The lowest BCUT2D eigenvalue weighted by molar-refractivity contribution is 0.311. The van der Waals surface area contributed by atoms with E-state index in [0.717, 1.165) is 43.3 Å². The lowest BCUT2D eigenvalue weighted by Gasteiger charge is -2.34. The normalized spacial score (nSPS) is 16.6. The van der Waals surface area contributed by atoms with E-state index in [4.69, 9.17) is 4.42 Å². The zero-order chi connectivity index (χ0) is 17.1. The van der Waals surface area contributed by atoms with Crippen LogP contribution in [0.2, 0.25) is 0 Å². The summed E-state index contributed by atoms with van der Waals surface area (Å²) in [5, 5.41) is 3.38. The second-order valence-electron chi connectivity index (χ2n) is 6.62. The molecule has 0 aliphatic carbocycles. The molecular formula is C19H27ClFN3O. The molecule has 1 aliphatic heterocycles. The van der Waals surface area contributed by atoms with Crippen LogP contribution in [0.1, 0.15) is 30.0 Å². The van der Waals surface area contributed by atoms with Gasteiger partial charge in [0.2, 0.25) is 0 Å². The van der Waals surface area contributed by atoms with Gasteiger partial charge in [0.25, 0.3) is 0 Å². The number of nitrogens with zero attached hydrogens (tertiary/aromatic N) is 2. The molecule has 1 aromatic heterocycles. The van der Waals surface area contributed by atoms with Crippen molar-refractivity contribution in [3.63, 3.8) is 0 Å². The molecule has 1 aliphatic rings. The predicted molar refractivity (Wildman–Crippen MR) is 102 cm³/mol. The number of nitrogens with one attached hydrogen (secondary N) is 1. The van der Waals surface area contributed by atoms with Gasteiger partial charge in [0.1, 0.15) is 17.3 Å². The second-order valence-corrected chi connectivity index (χ2v) is 6.62. The molecule has 0 amide bonds. The highest BCUT2D eigenvalue weighted by Crippen LogP contribution is 2.24. The van der Waals surface area contributed by atoms with Gasteiger partial charge in [-0.2, -0.15) is 0 Å². The fourth-order valence-electron chi connectivity index (χ4n) is 3.05. The Morgan fingerprint density at radius 2 is 1.88 bits per heavy atom. The summed E-state index contributed by atoms with van der Waals surface area (Å²) in [7, 11) is 2.10. The van der Waals surface area contributed by atoms with Crippen LogP contribution in [0.5, 0.6) is 0 Å². The van der Waals surface area contributed by atoms with Crippen LogP contribution in [0.15, 0.2) is 34.7 Å². The lowest BCUT2D eigenvalue weighted by Crippen LogP contribution is -2.44. The van der Waals surface area contributed by atoms with Gasteiger partial charge in [0.05, 0.1) is 12.2 Å². The standard InChI is InChI=1S/C19H26FN3O.ClH/c1-14-4-6-17(24-14)13-21-15(2)16-5-7-19(18(20)12-16)23-10-8-22(3)9-11-23;/h4-7,12,15,21H,8-11,13H2,1-3H3;1H. The van der Waals surface area contributed by atoms with Crippen LogP contribution in [0.25, 0.3) is 0 Å². The van der Waals surface area contributed by atoms with Crippen LogP contribution in [0.3, 0.4) is 0 Å². The summed E-state index contributed by atoms with van der Waals surface area (Å²) in [5.41, 5.74) is 1.66. The van der Waals surface area contributed by atoms with Crippen LogP contribution < -0.4 is 10.2 Å². The average molecular weight is 368 g/mol. The number of benzene rings is 1. The van der Waals surface area contributed by atoms with Crippen molar-refractivity contribution in [2.75, 3.05) is 38.1 Å². The van der Waals surface area contributed by atoms with Crippen LogP contribution in [-0.2, 0) is 6.54 Å². The average Bonchev–Trinajstić information content (AvgIpc) is 2.99. The van der Waals surface area contributed by atoms with Crippen molar-refractivity contribution in [3.8, 4) is 0 Å². The third-order valence-electron chi connectivity index (χ3n) is 4.69. The summed E-state index contributed by atoms with van der Waals surface area (Å²) in [6.45, 7) is 8.30. The van der Waals surface area contributed by atoms with Gasteiger partial charge in [-0.3, -0.25) is 0 Å². The van der Waals surface area contributed by atoms with Gasteiger partial charge in [-0.05, 0) is 50.7 Å². The molecule has 3 rings (SSSR count). The Hall–Kier alpha value is -1.56. The van der Waals surface area contributed by atoms with E-state index in [9.17, 15) is 4.39 Å². The molecule has 1 N–H and O–H groups in total. The Bertz CT molecular complexity index is 683. The highest BCUT2D eigenvalue weighted by atomic mass is 35.5. The van der Waals surface area contributed by atoms with Crippen LogP contribution in [0.4, 0.5) is 10.1 Å². The molecule has 1 atom stereocenters. The van der Waals surface area contributed by atoms with Gasteiger partial charge in [-0.25, -0.2) is 4.39 Å². The second kappa shape index (κ2) is 8.70. The molecule has 0 spiro atoms. The number of likely N-dealkylation sites (N-methyl/N-ethyl adjacent to an activating group) is 1. The van der Waals surface area contributed by atoms with Crippen molar-refractivity contribution in [1.82, 2.24) is 10.2 Å². The predicted octanol–water partition coefficient (Wildman–Crippen LogP) is 3.75. The largest absolute Gasteiger partial charge is 0.465 e. The monoisotopic (exact) mass is 367 g/mol. The maximum atomic E-state index is 14.6. The van der Waals surface area contributed by atoms with Crippen LogP contribution >= 0.6 is 12.4 Å². The molecule has 4 nitrogen and oxygen atoms in total. The van der Waals surface area contributed by atoms with E-state index in [2.05, 4.69) is 22.2 Å². The fourth-order valence-corrected chi connectivity index (χ4v) is 3.05. The maximum Gasteiger partial charge on any atom is 0.146 e. The van der Waals surface area contributed by atoms with Gasteiger partial charge in [-0.15, -0.1) is 12.4 Å². The SMILES string of the molecule is Cc1ccc(CNC(C)c2ccc(N3CCN(C)CC3)c(F)c2)o1.Cl. The third-order valence-corrected chi connectivity index (χ3v) is 4.69. The zero-order valence-electron chi connectivity index (χ0n) is 15.1. The fraction of sp³-hybridized carbons (Fsp3) is 0.474. The minimum absolute atomic E-state index is 0. The number of hydrogen-bond donors (Lipinski definition) is 1. The van der Waals surface area contributed by atoms with Crippen molar-refractivity contribution in [1.29, 1.82) is 0 Å². The summed E-state index contributed by atoms with van der Waals surface area (Å²) in [6, 6.07) is 9.55. The number of anilines is 1. The molecule has 0 radical (unpaired) electrons. The van der Waals surface area contributed by atoms with Crippen LogP contribution in [-0.4, -0.2) is 38.1 Å². The van der Waals surface area contributed by atoms with Gasteiger partial charge in [0, 0.05) is 32.2 Å². The molecular weight excluding hydrogens is 341 g/mol. The molecule has 138 valence electrons. The van der Waals surface area contributed by atoms with Gasteiger partial charge >= 0.3 is 0 Å². The number of furan rings is 1. The first-order valence-electron chi connectivity index (χ1n) is 8.54. The summed E-state index contributed by atoms with van der Waals surface area (Å²) in [6.07, 6.45) is 0. The molecule has 25 heavy (non-hydrogen) atoms. The molecule has 0 saturated carbocycles. The summed E-state index contributed by atoms with van der Waals surface area (Å²) >= 11 is 0. The molecule has 2 aromatic rings. The molecule has 1 fully saturated rings. The maximum absolute atomic E-state index is 14.6. The van der Waals surface area contributed by atoms with Gasteiger partial charge < -0.3 is 19.5 Å². The van der Waals surface area contributed by atoms with E-state index in [0.29, 0.717) is 12.2 Å². The first kappa shape index (κ1) is 19.8. The third kappa shape index (κ3) is 4.97. The highest BCUT2D eigenvalue weighted by molar-refractivity contribution is 5.85. The molecule has 6 heteroatoms. The zero-order valence-corrected chi connectivity index (χ0v) is 15.9. The lowest BCUT2D eigenvalue weighted by atomic mass is 10.1. The summed E-state index contributed by atoms with van der Waals surface area (Å²) in [4.78, 5) is 4.40. The number of halogens is 2. The first-order valence-corrected chi connectivity index (χ1v) is 8.54. The molecule has 1 unspecified atom stereocenters. The van der Waals surface area contributed by atoms with Crippen molar-refractivity contribution in [2.45, 2.75) is 26.4 Å².